The summed E-state index contributed by atoms with van der Waals surface area (Å²) in [6.07, 6.45) is 4.87. The molecule has 3 rings (SSSR count). The van der Waals surface area contributed by atoms with E-state index in [4.69, 9.17) is 0 Å². The first kappa shape index (κ1) is 16.7. The lowest BCUT2D eigenvalue weighted by Gasteiger charge is -2.26. The van der Waals surface area contributed by atoms with E-state index in [1.807, 2.05) is 42.5 Å². The van der Waals surface area contributed by atoms with Crippen LogP contribution in [0.3, 0.4) is 0 Å². The van der Waals surface area contributed by atoms with Gasteiger partial charge >= 0.3 is 0 Å². The zero-order valence-corrected chi connectivity index (χ0v) is 13.9. The third kappa shape index (κ3) is 4.45. The summed E-state index contributed by atoms with van der Waals surface area (Å²) in [4.78, 5) is 12.7. The predicted octanol–water partition coefficient (Wildman–Crippen LogP) is 3.51. The summed E-state index contributed by atoms with van der Waals surface area (Å²) in [5.41, 5.74) is 3.16. The molecule has 1 aliphatic rings. The maximum Gasteiger partial charge on any atom is 0.251 e. The van der Waals surface area contributed by atoms with Crippen molar-refractivity contribution in [1.29, 1.82) is 0 Å². The van der Waals surface area contributed by atoms with E-state index in [2.05, 4.69) is 17.4 Å². The van der Waals surface area contributed by atoms with Gasteiger partial charge in [-0.2, -0.15) is 0 Å². The van der Waals surface area contributed by atoms with Crippen LogP contribution in [0.4, 0.5) is 0 Å². The zero-order chi connectivity index (χ0) is 16.8. The SMILES string of the molecule is O=C(NC1CCC(O)CC1)c1ccccc1CCc1ccccc1. The van der Waals surface area contributed by atoms with Gasteiger partial charge in [0.25, 0.3) is 5.91 Å². The number of hydrogen-bond donors (Lipinski definition) is 2. The van der Waals surface area contributed by atoms with Gasteiger partial charge in [0.15, 0.2) is 0 Å². The summed E-state index contributed by atoms with van der Waals surface area (Å²) < 4.78 is 0. The fraction of sp³-hybridized carbons (Fsp3) is 0.381. The molecule has 1 aliphatic carbocycles. The van der Waals surface area contributed by atoms with Crippen LogP contribution in [0.1, 0.15) is 47.2 Å². The van der Waals surface area contributed by atoms with Crippen LogP contribution in [0.25, 0.3) is 0 Å². The van der Waals surface area contributed by atoms with E-state index in [1.165, 1.54) is 5.56 Å². The quantitative estimate of drug-likeness (QED) is 0.885. The highest BCUT2D eigenvalue weighted by Gasteiger charge is 2.22. The zero-order valence-electron chi connectivity index (χ0n) is 13.9. The second-order valence-corrected chi connectivity index (χ2v) is 6.62. The van der Waals surface area contributed by atoms with Crippen molar-refractivity contribution in [3.8, 4) is 0 Å². The van der Waals surface area contributed by atoms with Gasteiger partial charge in [0.1, 0.15) is 0 Å². The van der Waals surface area contributed by atoms with Crippen molar-refractivity contribution in [2.24, 2.45) is 0 Å². The number of hydrogen-bond acceptors (Lipinski definition) is 2. The Hall–Kier alpha value is -2.13. The number of aryl methyl sites for hydroxylation is 2. The van der Waals surface area contributed by atoms with Gasteiger partial charge in [-0.15, -0.1) is 0 Å². The van der Waals surface area contributed by atoms with Gasteiger partial charge in [-0.1, -0.05) is 48.5 Å². The van der Waals surface area contributed by atoms with Crippen molar-refractivity contribution < 1.29 is 9.90 Å². The summed E-state index contributed by atoms with van der Waals surface area (Å²) in [6.45, 7) is 0. The normalized spacial score (nSPS) is 20.5. The van der Waals surface area contributed by atoms with Crippen LogP contribution in [-0.2, 0) is 12.8 Å². The molecule has 0 heterocycles. The van der Waals surface area contributed by atoms with Crippen molar-refractivity contribution in [1.82, 2.24) is 5.32 Å². The molecule has 1 amide bonds. The molecule has 2 aromatic rings. The van der Waals surface area contributed by atoms with Crippen molar-refractivity contribution in [2.75, 3.05) is 0 Å². The van der Waals surface area contributed by atoms with Crippen molar-refractivity contribution >= 4 is 5.91 Å². The van der Waals surface area contributed by atoms with Gasteiger partial charge in [-0.3, -0.25) is 4.79 Å². The third-order valence-corrected chi connectivity index (χ3v) is 4.82. The minimum atomic E-state index is -0.198. The molecule has 0 saturated heterocycles. The molecule has 2 N–H and O–H groups in total. The van der Waals surface area contributed by atoms with E-state index in [9.17, 15) is 9.90 Å². The Bertz CT molecular complexity index is 661. The Morgan fingerprint density at radius 1 is 0.917 bits per heavy atom. The summed E-state index contributed by atoms with van der Waals surface area (Å²) in [6, 6.07) is 18.4. The molecule has 3 nitrogen and oxygen atoms in total. The first-order valence-corrected chi connectivity index (χ1v) is 8.83. The van der Waals surface area contributed by atoms with Crippen LogP contribution in [0.5, 0.6) is 0 Å². The highest BCUT2D eigenvalue weighted by atomic mass is 16.3. The number of carbonyl (C=O) groups is 1. The van der Waals surface area contributed by atoms with Crippen LogP contribution >= 0.6 is 0 Å². The van der Waals surface area contributed by atoms with Gasteiger partial charge in [-0.05, 0) is 55.7 Å². The molecule has 1 fully saturated rings. The summed E-state index contributed by atoms with van der Waals surface area (Å²) >= 11 is 0. The second-order valence-electron chi connectivity index (χ2n) is 6.62. The van der Waals surface area contributed by atoms with Crippen LogP contribution < -0.4 is 5.32 Å². The van der Waals surface area contributed by atoms with Crippen LogP contribution in [-0.4, -0.2) is 23.2 Å². The molecule has 3 heteroatoms. The molecule has 0 radical (unpaired) electrons. The first-order chi connectivity index (χ1) is 11.7. The Morgan fingerprint density at radius 2 is 1.58 bits per heavy atom. The molecule has 0 spiro atoms. The average Bonchev–Trinajstić information content (AvgIpc) is 2.63. The summed E-state index contributed by atoms with van der Waals surface area (Å²) in [7, 11) is 0. The number of amides is 1. The van der Waals surface area contributed by atoms with Crippen molar-refractivity contribution in [3.63, 3.8) is 0 Å². The van der Waals surface area contributed by atoms with E-state index in [-0.39, 0.29) is 18.1 Å². The number of nitrogens with one attached hydrogen (secondary N) is 1. The summed E-state index contributed by atoms with van der Waals surface area (Å²) in [5, 5.41) is 12.7. The number of aliphatic hydroxyl groups is 1. The van der Waals surface area contributed by atoms with E-state index in [1.54, 1.807) is 0 Å². The van der Waals surface area contributed by atoms with Gasteiger partial charge < -0.3 is 10.4 Å². The Labute approximate surface area is 143 Å². The van der Waals surface area contributed by atoms with E-state index < -0.39 is 0 Å². The van der Waals surface area contributed by atoms with Crippen LogP contribution in [0, 0.1) is 0 Å². The largest absolute Gasteiger partial charge is 0.393 e. The van der Waals surface area contributed by atoms with Crippen LogP contribution in [0.2, 0.25) is 0 Å². The van der Waals surface area contributed by atoms with Gasteiger partial charge in [-0.25, -0.2) is 0 Å². The Morgan fingerprint density at radius 3 is 2.33 bits per heavy atom. The van der Waals surface area contributed by atoms with Crippen LogP contribution in [0.15, 0.2) is 54.6 Å². The molecule has 0 aromatic heterocycles. The van der Waals surface area contributed by atoms with Crippen molar-refractivity contribution in [3.05, 3.63) is 71.3 Å². The minimum absolute atomic E-state index is 0.0139. The number of benzene rings is 2. The molecular formula is C21H25NO2. The van der Waals surface area contributed by atoms with Gasteiger partial charge in [0, 0.05) is 11.6 Å². The molecule has 24 heavy (non-hydrogen) atoms. The fourth-order valence-corrected chi connectivity index (χ4v) is 3.37. The lowest BCUT2D eigenvalue weighted by Crippen LogP contribution is -2.38. The summed E-state index contributed by atoms with van der Waals surface area (Å²) in [5.74, 6) is 0.0139. The first-order valence-electron chi connectivity index (χ1n) is 8.83. The molecule has 0 unspecified atom stereocenters. The average molecular weight is 323 g/mol. The predicted molar refractivity (Wildman–Crippen MR) is 96.0 cm³/mol. The molecule has 0 bridgehead atoms. The lowest BCUT2D eigenvalue weighted by molar-refractivity contribution is 0.0867. The maximum absolute atomic E-state index is 12.7. The highest BCUT2D eigenvalue weighted by Crippen LogP contribution is 2.19. The number of aliphatic hydroxyl groups excluding tert-OH is 1. The van der Waals surface area contributed by atoms with Crippen molar-refractivity contribution in [2.45, 2.75) is 50.7 Å². The monoisotopic (exact) mass is 323 g/mol. The molecule has 2 aromatic carbocycles. The third-order valence-electron chi connectivity index (χ3n) is 4.82. The molecule has 126 valence electrons. The Balaban J connectivity index is 1.63. The lowest BCUT2D eigenvalue weighted by atomic mass is 9.92. The minimum Gasteiger partial charge on any atom is -0.393 e. The second kappa shape index (κ2) is 8.11. The number of carbonyl (C=O) groups excluding carboxylic acids is 1. The smallest absolute Gasteiger partial charge is 0.251 e. The molecule has 1 saturated carbocycles. The number of rotatable bonds is 5. The van der Waals surface area contributed by atoms with E-state index >= 15 is 0 Å². The standard InChI is InChI=1S/C21H25NO2/c23-19-14-12-18(13-15-19)22-21(24)20-9-5-4-8-17(20)11-10-16-6-2-1-3-7-16/h1-9,18-19,23H,10-15H2,(H,22,24). The fourth-order valence-electron chi connectivity index (χ4n) is 3.37. The molecular weight excluding hydrogens is 298 g/mol. The Kier molecular flexibility index (Phi) is 5.65. The van der Waals surface area contributed by atoms with Gasteiger partial charge in [0.2, 0.25) is 0 Å². The molecule has 0 atom stereocenters. The van der Waals surface area contributed by atoms with E-state index in [0.29, 0.717) is 0 Å². The maximum atomic E-state index is 12.7. The van der Waals surface area contributed by atoms with E-state index in [0.717, 1.165) is 49.7 Å². The highest BCUT2D eigenvalue weighted by molar-refractivity contribution is 5.95. The molecule has 0 aliphatic heterocycles. The van der Waals surface area contributed by atoms with Gasteiger partial charge in [0.05, 0.1) is 6.10 Å². The topological polar surface area (TPSA) is 49.3 Å².